The molecule has 1 aliphatic heterocycles. The Kier molecular flexibility index (Phi) is 3.81. The van der Waals surface area contributed by atoms with Crippen LogP contribution in [0.4, 0.5) is 0 Å². The van der Waals surface area contributed by atoms with E-state index in [9.17, 15) is 9.90 Å². The van der Waals surface area contributed by atoms with Gasteiger partial charge >= 0.3 is 0 Å². The number of hydrogen-bond acceptors (Lipinski definition) is 4. The lowest BCUT2D eigenvalue weighted by Crippen LogP contribution is -2.29. The first-order valence-corrected chi connectivity index (χ1v) is 6.16. The molecule has 98 valence electrons. The highest BCUT2D eigenvalue weighted by molar-refractivity contribution is 5.94. The van der Waals surface area contributed by atoms with E-state index in [1.807, 2.05) is 13.8 Å². The first-order valence-electron chi connectivity index (χ1n) is 6.16. The van der Waals surface area contributed by atoms with Crippen molar-refractivity contribution < 1.29 is 14.6 Å². The summed E-state index contributed by atoms with van der Waals surface area (Å²) in [5.74, 6) is 0.429. The summed E-state index contributed by atoms with van der Waals surface area (Å²) in [6, 6.07) is 3.40. The summed E-state index contributed by atoms with van der Waals surface area (Å²) < 4.78 is 5.42. The zero-order valence-electron chi connectivity index (χ0n) is 10.7. The average Bonchev–Trinajstić information content (AvgIpc) is 2.75. The largest absolute Gasteiger partial charge is 0.475 e. The zero-order valence-corrected chi connectivity index (χ0v) is 10.7. The van der Waals surface area contributed by atoms with Crippen molar-refractivity contribution in [1.29, 1.82) is 0 Å². The fourth-order valence-electron chi connectivity index (χ4n) is 1.93. The molecule has 0 radical (unpaired) electrons. The molecular weight excluding hydrogens is 232 g/mol. The number of rotatable bonds is 3. The summed E-state index contributed by atoms with van der Waals surface area (Å²) in [7, 11) is 0. The molecule has 0 saturated carbocycles. The molecular formula is C13H18N2O3. The van der Waals surface area contributed by atoms with Crippen LogP contribution in [0.3, 0.4) is 0 Å². The molecule has 1 aromatic heterocycles. The number of β-amino-alcohol motifs (C(OH)–C–C–N with tert-alkyl or cyclic N) is 1. The van der Waals surface area contributed by atoms with Crippen molar-refractivity contribution in [2.75, 3.05) is 13.1 Å². The van der Waals surface area contributed by atoms with Crippen LogP contribution < -0.4 is 4.74 Å². The Morgan fingerprint density at radius 2 is 2.33 bits per heavy atom. The summed E-state index contributed by atoms with van der Waals surface area (Å²) in [5, 5.41) is 9.41. The van der Waals surface area contributed by atoms with E-state index in [0.29, 0.717) is 31.0 Å². The van der Waals surface area contributed by atoms with Gasteiger partial charge in [-0.2, -0.15) is 0 Å². The molecule has 0 aliphatic carbocycles. The minimum atomic E-state index is -0.398. The van der Waals surface area contributed by atoms with E-state index in [0.717, 1.165) is 0 Å². The number of ether oxygens (including phenoxy) is 1. The van der Waals surface area contributed by atoms with Crippen LogP contribution >= 0.6 is 0 Å². The Labute approximate surface area is 106 Å². The van der Waals surface area contributed by atoms with Crippen molar-refractivity contribution in [3.63, 3.8) is 0 Å². The normalized spacial score (nSPS) is 19.3. The van der Waals surface area contributed by atoms with Crippen LogP contribution in [0.2, 0.25) is 0 Å². The van der Waals surface area contributed by atoms with Gasteiger partial charge in [-0.15, -0.1) is 0 Å². The monoisotopic (exact) mass is 250 g/mol. The van der Waals surface area contributed by atoms with Gasteiger partial charge < -0.3 is 14.7 Å². The number of nitrogens with zero attached hydrogens (tertiary/aromatic N) is 2. The van der Waals surface area contributed by atoms with Gasteiger partial charge in [-0.3, -0.25) is 4.79 Å². The molecule has 1 aliphatic rings. The Balaban J connectivity index is 2.03. The number of amides is 1. The predicted octanol–water partition coefficient (Wildman–Crippen LogP) is 1.08. The summed E-state index contributed by atoms with van der Waals surface area (Å²) in [6.45, 7) is 4.85. The van der Waals surface area contributed by atoms with Gasteiger partial charge in [0.05, 0.1) is 17.8 Å². The van der Waals surface area contributed by atoms with Crippen LogP contribution in [0.25, 0.3) is 0 Å². The first kappa shape index (κ1) is 12.8. The number of aliphatic hydroxyl groups is 1. The second-order valence-electron chi connectivity index (χ2n) is 4.75. The Morgan fingerprint density at radius 1 is 1.56 bits per heavy atom. The van der Waals surface area contributed by atoms with E-state index >= 15 is 0 Å². The minimum Gasteiger partial charge on any atom is -0.475 e. The highest BCUT2D eigenvalue weighted by atomic mass is 16.5. The van der Waals surface area contributed by atoms with Crippen molar-refractivity contribution in [1.82, 2.24) is 9.88 Å². The molecule has 0 spiro atoms. The van der Waals surface area contributed by atoms with Crippen LogP contribution in [0.5, 0.6) is 5.88 Å². The maximum atomic E-state index is 12.1. The molecule has 0 unspecified atom stereocenters. The minimum absolute atomic E-state index is 0.0628. The molecule has 2 heterocycles. The molecule has 1 atom stereocenters. The van der Waals surface area contributed by atoms with Crippen LogP contribution in [0.1, 0.15) is 30.6 Å². The summed E-state index contributed by atoms with van der Waals surface area (Å²) >= 11 is 0. The van der Waals surface area contributed by atoms with Gasteiger partial charge in [0.1, 0.15) is 0 Å². The number of likely N-dealkylation sites (tertiary alicyclic amines) is 1. The number of carbonyl (C=O) groups excluding carboxylic acids is 1. The Hall–Kier alpha value is -1.62. The molecule has 5 heteroatoms. The van der Waals surface area contributed by atoms with E-state index in [1.165, 1.54) is 6.20 Å². The van der Waals surface area contributed by atoms with Gasteiger partial charge in [0.2, 0.25) is 5.88 Å². The number of carbonyl (C=O) groups is 1. The lowest BCUT2D eigenvalue weighted by atomic mass is 10.2. The van der Waals surface area contributed by atoms with Crippen molar-refractivity contribution in [3.05, 3.63) is 23.9 Å². The fraction of sp³-hybridized carbons (Fsp3) is 0.538. The highest BCUT2D eigenvalue weighted by Crippen LogP contribution is 2.15. The second kappa shape index (κ2) is 5.35. The standard InChI is InChI=1S/C13H18N2O3/c1-9(2)18-12-4-3-10(7-14-12)13(17)15-6-5-11(16)8-15/h3-4,7,9,11,16H,5-6,8H2,1-2H3/t11-/m1/s1. The third-order valence-corrected chi connectivity index (χ3v) is 2.79. The van der Waals surface area contributed by atoms with Gasteiger partial charge in [-0.05, 0) is 26.3 Å². The molecule has 2 rings (SSSR count). The van der Waals surface area contributed by atoms with Crippen molar-refractivity contribution in [3.8, 4) is 5.88 Å². The summed E-state index contributed by atoms with van der Waals surface area (Å²) in [6.07, 6.45) is 1.83. The van der Waals surface area contributed by atoms with E-state index < -0.39 is 6.10 Å². The quantitative estimate of drug-likeness (QED) is 0.871. The predicted molar refractivity (Wildman–Crippen MR) is 66.5 cm³/mol. The van der Waals surface area contributed by atoms with E-state index in [1.54, 1.807) is 17.0 Å². The molecule has 5 nitrogen and oxygen atoms in total. The number of aromatic nitrogens is 1. The average molecular weight is 250 g/mol. The van der Waals surface area contributed by atoms with Gasteiger partial charge in [-0.25, -0.2) is 4.98 Å². The van der Waals surface area contributed by atoms with Crippen LogP contribution in [-0.4, -0.2) is 46.2 Å². The van der Waals surface area contributed by atoms with Gasteiger partial charge in [0, 0.05) is 25.4 Å². The van der Waals surface area contributed by atoms with Crippen molar-refractivity contribution >= 4 is 5.91 Å². The van der Waals surface area contributed by atoms with E-state index in [2.05, 4.69) is 4.98 Å². The molecule has 0 aromatic carbocycles. The van der Waals surface area contributed by atoms with Crippen molar-refractivity contribution in [2.45, 2.75) is 32.5 Å². The topological polar surface area (TPSA) is 62.7 Å². The number of aliphatic hydroxyl groups excluding tert-OH is 1. The molecule has 18 heavy (non-hydrogen) atoms. The van der Waals surface area contributed by atoms with Crippen LogP contribution in [0, 0.1) is 0 Å². The molecule has 1 amide bonds. The molecule has 1 N–H and O–H groups in total. The maximum Gasteiger partial charge on any atom is 0.255 e. The van der Waals surface area contributed by atoms with Gasteiger partial charge in [0.15, 0.2) is 0 Å². The lowest BCUT2D eigenvalue weighted by Gasteiger charge is -2.15. The summed E-state index contributed by atoms with van der Waals surface area (Å²) in [5.41, 5.74) is 0.528. The number of hydrogen-bond donors (Lipinski definition) is 1. The lowest BCUT2D eigenvalue weighted by molar-refractivity contribution is 0.0764. The highest BCUT2D eigenvalue weighted by Gasteiger charge is 2.25. The molecule has 1 aromatic rings. The Morgan fingerprint density at radius 3 is 2.83 bits per heavy atom. The smallest absolute Gasteiger partial charge is 0.255 e. The van der Waals surface area contributed by atoms with Gasteiger partial charge in [-0.1, -0.05) is 0 Å². The SMILES string of the molecule is CC(C)Oc1ccc(C(=O)N2CC[C@@H](O)C2)cn1. The first-order chi connectivity index (χ1) is 8.56. The van der Waals surface area contributed by atoms with E-state index in [4.69, 9.17) is 4.74 Å². The zero-order chi connectivity index (χ0) is 13.1. The number of pyridine rings is 1. The Bertz CT molecular complexity index is 417. The van der Waals surface area contributed by atoms with Gasteiger partial charge in [0.25, 0.3) is 5.91 Å². The van der Waals surface area contributed by atoms with Crippen LogP contribution in [-0.2, 0) is 0 Å². The summed E-state index contributed by atoms with van der Waals surface area (Å²) in [4.78, 5) is 17.8. The fourth-order valence-corrected chi connectivity index (χ4v) is 1.93. The molecule has 0 bridgehead atoms. The third kappa shape index (κ3) is 2.98. The van der Waals surface area contributed by atoms with Crippen LogP contribution in [0.15, 0.2) is 18.3 Å². The third-order valence-electron chi connectivity index (χ3n) is 2.79. The second-order valence-corrected chi connectivity index (χ2v) is 4.75. The van der Waals surface area contributed by atoms with Crippen molar-refractivity contribution in [2.24, 2.45) is 0 Å². The maximum absolute atomic E-state index is 12.1. The molecule has 1 fully saturated rings. The van der Waals surface area contributed by atoms with E-state index in [-0.39, 0.29) is 12.0 Å². The molecule has 1 saturated heterocycles.